The van der Waals surface area contributed by atoms with Crippen molar-refractivity contribution < 1.29 is 29.0 Å². The van der Waals surface area contributed by atoms with Crippen molar-refractivity contribution in [1.29, 1.82) is 0 Å². The third kappa shape index (κ3) is 4.73. The lowest BCUT2D eigenvalue weighted by Gasteiger charge is -2.26. The molecule has 0 spiro atoms. The fourth-order valence-corrected chi connectivity index (χ4v) is 4.31. The van der Waals surface area contributed by atoms with Gasteiger partial charge >= 0.3 is 5.97 Å². The number of aryl methyl sites for hydroxylation is 1. The monoisotopic (exact) mass is 485 g/mol. The predicted molar refractivity (Wildman–Crippen MR) is 136 cm³/mol. The summed E-state index contributed by atoms with van der Waals surface area (Å²) in [5.74, 6) is -1.92. The molecule has 3 aromatic carbocycles. The number of carbonyl (C=O) groups excluding carboxylic acids is 3. The molecule has 4 rings (SSSR count). The number of aliphatic hydroxyl groups excluding tert-OH is 1. The average Bonchev–Trinajstić information content (AvgIpc) is 3.14. The summed E-state index contributed by atoms with van der Waals surface area (Å²) in [5.41, 5.74) is 2.49. The van der Waals surface area contributed by atoms with E-state index in [4.69, 9.17) is 9.47 Å². The van der Waals surface area contributed by atoms with Gasteiger partial charge in [0, 0.05) is 11.3 Å². The molecule has 1 aliphatic heterocycles. The molecule has 1 unspecified atom stereocenters. The maximum Gasteiger partial charge on any atom is 0.338 e. The van der Waals surface area contributed by atoms with Crippen molar-refractivity contribution in [3.05, 3.63) is 101 Å². The van der Waals surface area contributed by atoms with Crippen LogP contribution in [-0.4, -0.2) is 36.0 Å². The Bertz CT molecular complexity index is 1360. The second kappa shape index (κ2) is 10.5. The van der Waals surface area contributed by atoms with Gasteiger partial charge in [-0.05, 0) is 56.7 Å². The number of nitrogens with zero attached hydrogens (tertiary/aromatic N) is 1. The standard InChI is InChI=1S/C29H27NO6/c1-4-35-23-14-8-11-20(17-23)26(31)24-25(19-10-6-9-18(3)15-19)30(28(33)27(24)32)22-13-7-12-21(16-22)29(34)36-5-2/h6-17,25,31H,4-5H2,1-3H3/b26-24+. The van der Waals surface area contributed by atoms with Gasteiger partial charge < -0.3 is 14.6 Å². The van der Waals surface area contributed by atoms with E-state index in [2.05, 4.69) is 0 Å². The van der Waals surface area contributed by atoms with Gasteiger partial charge in [0.15, 0.2) is 0 Å². The Kier molecular flexibility index (Phi) is 7.20. The van der Waals surface area contributed by atoms with Crippen LogP contribution >= 0.6 is 0 Å². The van der Waals surface area contributed by atoms with Crippen molar-refractivity contribution in [1.82, 2.24) is 0 Å². The van der Waals surface area contributed by atoms with Gasteiger partial charge in [0.1, 0.15) is 11.5 Å². The van der Waals surface area contributed by atoms with E-state index >= 15 is 0 Å². The molecule has 36 heavy (non-hydrogen) atoms. The number of benzene rings is 3. The Hall–Kier alpha value is -4.39. The fraction of sp³-hybridized carbons (Fsp3) is 0.207. The molecule has 0 aliphatic carbocycles. The van der Waals surface area contributed by atoms with Crippen LogP contribution in [0.15, 0.2) is 78.4 Å². The molecule has 7 nitrogen and oxygen atoms in total. The smallest absolute Gasteiger partial charge is 0.338 e. The summed E-state index contributed by atoms with van der Waals surface area (Å²) in [7, 11) is 0. The van der Waals surface area contributed by atoms with E-state index in [9.17, 15) is 19.5 Å². The molecule has 1 aliphatic rings. The molecule has 0 saturated carbocycles. The van der Waals surface area contributed by atoms with E-state index < -0.39 is 23.7 Å². The molecule has 0 radical (unpaired) electrons. The highest BCUT2D eigenvalue weighted by atomic mass is 16.5. The van der Waals surface area contributed by atoms with Crippen molar-refractivity contribution >= 4 is 29.1 Å². The molecule has 184 valence electrons. The van der Waals surface area contributed by atoms with Crippen LogP contribution < -0.4 is 9.64 Å². The van der Waals surface area contributed by atoms with Crippen LogP contribution in [0.2, 0.25) is 0 Å². The Balaban J connectivity index is 1.91. The first-order valence-electron chi connectivity index (χ1n) is 11.7. The van der Waals surface area contributed by atoms with E-state index in [1.165, 1.54) is 11.0 Å². The Labute approximate surface area is 209 Å². The number of Topliss-reactive ketones (excluding diaryl/α,β-unsaturated/α-hetero) is 1. The van der Waals surface area contributed by atoms with Crippen LogP contribution in [0.3, 0.4) is 0 Å². The molecule has 1 saturated heterocycles. The van der Waals surface area contributed by atoms with Crippen molar-refractivity contribution in [3.8, 4) is 5.75 Å². The van der Waals surface area contributed by atoms with Gasteiger partial charge in [-0.25, -0.2) is 4.79 Å². The van der Waals surface area contributed by atoms with Gasteiger partial charge in [-0.2, -0.15) is 0 Å². The molecule has 1 heterocycles. The molecule has 1 amide bonds. The first kappa shape index (κ1) is 24.7. The van der Waals surface area contributed by atoms with Crippen molar-refractivity contribution in [2.24, 2.45) is 0 Å². The highest BCUT2D eigenvalue weighted by Gasteiger charge is 2.47. The van der Waals surface area contributed by atoms with Crippen LogP contribution in [0.5, 0.6) is 5.75 Å². The van der Waals surface area contributed by atoms with Crippen LogP contribution in [0, 0.1) is 6.92 Å². The summed E-state index contributed by atoms with van der Waals surface area (Å²) in [4.78, 5) is 40.4. The first-order valence-corrected chi connectivity index (χ1v) is 11.7. The maximum atomic E-state index is 13.4. The minimum Gasteiger partial charge on any atom is -0.507 e. The average molecular weight is 486 g/mol. The highest BCUT2D eigenvalue weighted by Crippen LogP contribution is 2.42. The number of anilines is 1. The zero-order valence-corrected chi connectivity index (χ0v) is 20.4. The first-order chi connectivity index (χ1) is 17.3. The zero-order chi connectivity index (χ0) is 25.8. The second-order valence-electron chi connectivity index (χ2n) is 8.31. The number of hydrogen-bond acceptors (Lipinski definition) is 6. The van der Waals surface area contributed by atoms with Gasteiger partial charge in [0.25, 0.3) is 11.7 Å². The van der Waals surface area contributed by atoms with E-state index in [1.807, 2.05) is 32.0 Å². The van der Waals surface area contributed by atoms with Gasteiger partial charge in [-0.3, -0.25) is 14.5 Å². The summed E-state index contributed by atoms with van der Waals surface area (Å²) in [6.07, 6.45) is 0. The number of carbonyl (C=O) groups is 3. The fourth-order valence-electron chi connectivity index (χ4n) is 4.31. The number of esters is 1. The third-order valence-electron chi connectivity index (χ3n) is 5.86. The van der Waals surface area contributed by atoms with Gasteiger partial charge in [0.05, 0.1) is 30.4 Å². The normalized spacial score (nSPS) is 16.8. The largest absolute Gasteiger partial charge is 0.507 e. The molecule has 0 bridgehead atoms. The molecule has 1 fully saturated rings. The van der Waals surface area contributed by atoms with E-state index in [0.29, 0.717) is 29.2 Å². The molecule has 1 N–H and O–H groups in total. The molecular weight excluding hydrogens is 458 g/mol. The highest BCUT2D eigenvalue weighted by molar-refractivity contribution is 6.51. The van der Waals surface area contributed by atoms with Gasteiger partial charge in [-0.1, -0.05) is 48.0 Å². The van der Waals surface area contributed by atoms with E-state index in [1.54, 1.807) is 55.5 Å². The number of rotatable bonds is 7. The van der Waals surface area contributed by atoms with Crippen LogP contribution in [0.1, 0.15) is 46.9 Å². The topological polar surface area (TPSA) is 93.1 Å². The van der Waals surface area contributed by atoms with E-state index in [-0.39, 0.29) is 23.5 Å². The van der Waals surface area contributed by atoms with Crippen molar-refractivity contribution in [3.63, 3.8) is 0 Å². The molecular formula is C29H27NO6. The maximum absolute atomic E-state index is 13.4. The minimum absolute atomic E-state index is 0.0409. The van der Waals surface area contributed by atoms with Crippen LogP contribution in [0.25, 0.3) is 5.76 Å². The second-order valence-corrected chi connectivity index (χ2v) is 8.31. The Morgan fingerprint density at radius 3 is 2.36 bits per heavy atom. The number of aliphatic hydroxyl groups is 1. The SMILES string of the molecule is CCOC(=O)c1cccc(N2C(=O)C(=O)/C(=C(/O)c3cccc(OCC)c3)C2c2cccc(C)c2)c1. The Morgan fingerprint density at radius 2 is 1.64 bits per heavy atom. The number of ketones is 1. The summed E-state index contributed by atoms with van der Waals surface area (Å²) in [6, 6.07) is 19.6. The molecule has 1 atom stereocenters. The zero-order valence-electron chi connectivity index (χ0n) is 20.4. The van der Waals surface area contributed by atoms with E-state index in [0.717, 1.165) is 5.56 Å². The number of hydrogen-bond donors (Lipinski definition) is 1. The third-order valence-corrected chi connectivity index (χ3v) is 5.86. The van der Waals surface area contributed by atoms with Crippen LogP contribution in [0.4, 0.5) is 5.69 Å². The molecule has 7 heteroatoms. The van der Waals surface area contributed by atoms with Gasteiger partial charge in [0.2, 0.25) is 0 Å². The van der Waals surface area contributed by atoms with Crippen molar-refractivity contribution in [2.75, 3.05) is 18.1 Å². The number of amides is 1. The Morgan fingerprint density at radius 1 is 0.917 bits per heavy atom. The molecule has 0 aromatic heterocycles. The number of ether oxygens (including phenoxy) is 2. The minimum atomic E-state index is -0.905. The lowest BCUT2D eigenvalue weighted by molar-refractivity contribution is -0.132. The van der Waals surface area contributed by atoms with Gasteiger partial charge in [-0.15, -0.1) is 0 Å². The molecule has 3 aromatic rings. The lowest BCUT2D eigenvalue weighted by atomic mass is 9.94. The summed E-state index contributed by atoms with van der Waals surface area (Å²) >= 11 is 0. The predicted octanol–water partition coefficient (Wildman–Crippen LogP) is 5.20. The quantitative estimate of drug-likeness (QED) is 0.214. The summed E-state index contributed by atoms with van der Waals surface area (Å²) in [5, 5.41) is 11.3. The summed E-state index contributed by atoms with van der Waals surface area (Å²) < 4.78 is 10.6. The summed E-state index contributed by atoms with van der Waals surface area (Å²) in [6.45, 7) is 6.10. The lowest BCUT2D eigenvalue weighted by Crippen LogP contribution is -2.29. The van der Waals surface area contributed by atoms with Crippen LogP contribution in [-0.2, 0) is 14.3 Å². The van der Waals surface area contributed by atoms with Crippen molar-refractivity contribution in [2.45, 2.75) is 26.8 Å².